The van der Waals surface area contributed by atoms with Crippen LogP contribution in [0.2, 0.25) is 0 Å². The third kappa shape index (κ3) is 4.91. The molecule has 138 valence electrons. The van der Waals surface area contributed by atoms with Gasteiger partial charge in [0, 0.05) is 31.0 Å². The van der Waals surface area contributed by atoms with E-state index in [-0.39, 0.29) is 5.82 Å². The van der Waals surface area contributed by atoms with Gasteiger partial charge in [-0.2, -0.15) is 10.4 Å². The molecule has 0 aliphatic rings. The first-order valence-corrected chi connectivity index (χ1v) is 9.04. The summed E-state index contributed by atoms with van der Waals surface area (Å²) in [5.74, 6) is 0.490. The Labute approximate surface area is 158 Å². The van der Waals surface area contributed by atoms with Gasteiger partial charge in [-0.25, -0.2) is 9.37 Å². The van der Waals surface area contributed by atoms with Crippen LogP contribution in [-0.4, -0.2) is 28.8 Å². The van der Waals surface area contributed by atoms with Crippen LogP contribution in [-0.2, 0) is 6.42 Å². The van der Waals surface area contributed by atoms with Crippen molar-refractivity contribution >= 4 is 5.82 Å². The number of halogens is 1. The zero-order chi connectivity index (χ0) is 19.1. The van der Waals surface area contributed by atoms with Gasteiger partial charge in [0.25, 0.3) is 0 Å². The monoisotopic (exact) mass is 363 g/mol. The fourth-order valence-corrected chi connectivity index (χ4v) is 2.99. The molecule has 0 saturated carbocycles. The van der Waals surface area contributed by atoms with Crippen LogP contribution >= 0.6 is 0 Å². The van der Waals surface area contributed by atoms with Crippen molar-refractivity contribution in [2.24, 2.45) is 0 Å². The van der Waals surface area contributed by atoms with E-state index in [0.717, 1.165) is 55.0 Å². The van der Waals surface area contributed by atoms with Gasteiger partial charge in [0.05, 0.1) is 11.3 Å². The molecule has 2 heterocycles. The third-order valence-electron chi connectivity index (χ3n) is 4.48. The zero-order valence-corrected chi connectivity index (χ0v) is 15.3. The second-order valence-electron chi connectivity index (χ2n) is 6.50. The van der Waals surface area contributed by atoms with E-state index < -0.39 is 0 Å². The van der Waals surface area contributed by atoms with Crippen molar-refractivity contribution in [1.29, 1.82) is 5.26 Å². The smallest absolute Gasteiger partial charge is 0.146 e. The van der Waals surface area contributed by atoms with Crippen molar-refractivity contribution in [2.75, 3.05) is 18.5 Å². The number of rotatable bonds is 8. The van der Waals surface area contributed by atoms with E-state index in [4.69, 9.17) is 5.26 Å². The Hall–Kier alpha value is -3.20. The summed E-state index contributed by atoms with van der Waals surface area (Å²) >= 11 is 0. The van der Waals surface area contributed by atoms with Crippen molar-refractivity contribution in [1.82, 2.24) is 15.2 Å². The van der Waals surface area contributed by atoms with Gasteiger partial charge in [0.1, 0.15) is 17.7 Å². The molecule has 6 heteroatoms. The van der Waals surface area contributed by atoms with Crippen LogP contribution in [0.25, 0.3) is 11.3 Å². The average Bonchev–Trinajstić information content (AvgIpc) is 3.17. The fraction of sp³-hybridized carbons (Fsp3) is 0.286. The minimum Gasteiger partial charge on any atom is -0.359 e. The van der Waals surface area contributed by atoms with E-state index in [1.165, 1.54) is 12.1 Å². The van der Waals surface area contributed by atoms with Crippen LogP contribution < -0.4 is 4.90 Å². The number of nitrogens with zero attached hydrogens (tertiary/aromatic N) is 4. The Kier molecular flexibility index (Phi) is 6.16. The van der Waals surface area contributed by atoms with E-state index in [0.29, 0.717) is 5.56 Å². The van der Waals surface area contributed by atoms with Gasteiger partial charge in [0.2, 0.25) is 0 Å². The zero-order valence-electron chi connectivity index (χ0n) is 15.3. The molecular formula is C21H22FN5. The van der Waals surface area contributed by atoms with E-state index >= 15 is 0 Å². The van der Waals surface area contributed by atoms with Crippen molar-refractivity contribution < 1.29 is 4.39 Å². The highest BCUT2D eigenvalue weighted by atomic mass is 19.1. The largest absolute Gasteiger partial charge is 0.359 e. The molecular weight excluding hydrogens is 341 g/mol. The quantitative estimate of drug-likeness (QED) is 0.605. The Morgan fingerprint density at radius 3 is 2.74 bits per heavy atom. The molecule has 3 rings (SSSR count). The number of aromatic nitrogens is 3. The lowest BCUT2D eigenvalue weighted by Crippen LogP contribution is -2.20. The number of hydrogen-bond acceptors (Lipinski definition) is 4. The summed E-state index contributed by atoms with van der Waals surface area (Å²) in [7, 11) is 1.97. The van der Waals surface area contributed by atoms with Gasteiger partial charge >= 0.3 is 0 Å². The Bertz CT molecular complexity index is 911. The van der Waals surface area contributed by atoms with Crippen LogP contribution in [0.1, 0.15) is 30.5 Å². The molecule has 5 nitrogen and oxygen atoms in total. The highest BCUT2D eigenvalue weighted by Crippen LogP contribution is 2.19. The van der Waals surface area contributed by atoms with Crippen LogP contribution in [0.4, 0.5) is 10.2 Å². The lowest BCUT2D eigenvalue weighted by molar-refractivity contribution is 0.628. The number of hydrogen-bond donors (Lipinski definition) is 1. The molecule has 0 saturated heterocycles. The van der Waals surface area contributed by atoms with E-state index in [1.54, 1.807) is 30.5 Å². The summed E-state index contributed by atoms with van der Waals surface area (Å²) in [5, 5.41) is 16.5. The Morgan fingerprint density at radius 2 is 1.96 bits per heavy atom. The minimum atomic E-state index is -0.243. The molecule has 0 atom stereocenters. The average molecular weight is 363 g/mol. The number of benzene rings is 1. The minimum absolute atomic E-state index is 0.243. The summed E-state index contributed by atoms with van der Waals surface area (Å²) in [6.07, 6.45) is 5.78. The molecule has 0 bridgehead atoms. The molecule has 27 heavy (non-hydrogen) atoms. The molecule has 1 N–H and O–H groups in total. The summed E-state index contributed by atoms with van der Waals surface area (Å²) in [5.41, 5.74) is 3.43. The first-order chi connectivity index (χ1) is 13.2. The maximum absolute atomic E-state index is 13.0. The van der Waals surface area contributed by atoms with Crippen LogP contribution in [0.3, 0.4) is 0 Å². The maximum atomic E-state index is 13.0. The van der Waals surface area contributed by atoms with Crippen molar-refractivity contribution in [2.45, 2.75) is 25.7 Å². The molecule has 0 aliphatic carbocycles. The van der Waals surface area contributed by atoms with Crippen molar-refractivity contribution in [3.05, 3.63) is 65.7 Å². The summed E-state index contributed by atoms with van der Waals surface area (Å²) < 4.78 is 13.0. The van der Waals surface area contributed by atoms with Gasteiger partial charge in [-0.05, 0) is 61.7 Å². The molecule has 3 aromatic rings. The molecule has 1 aromatic carbocycles. The number of nitrogens with one attached hydrogen (secondary N) is 1. The van der Waals surface area contributed by atoms with Gasteiger partial charge in [-0.15, -0.1) is 0 Å². The summed E-state index contributed by atoms with van der Waals surface area (Å²) in [6.45, 7) is 0.857. The molecule has 0 radical (unpaired) electrons. The molecule has 2 aromatic heterocycles. The highest BCUT2D eigenvalue weighted by Gasteiger charge is 2.08. The van der Waals surface area contributed by atoms with Gasteiger partial charge < -0.3 is 4.90 Å². The SMILES string of the molecule is CN(CCCCCc1cc(-c2ccc(F)cc2)n[nH]1)c1ncccc1C#N. The fourth-order valence-electron chi connectivity index (χ4n) is 2.99. The number of aryl methyl sites for hydroxylation is 1. The lowest BCUT2D eigenvalue weighted by Gasteiger charge is -2.18. The predicted molar refractivity (Wildman–Crippen MR) is 104 cm³/mol. The molecule has 0 unspecified atom stereocenters. The first kappa shape index (κ1) is 18.6. The van der Waals surface area contributed by atoms with Gasteiger partial charge in [-0.1, -0.05) is 6.42 Å². The Morgan fingerprint density at radius 1 is 1.15 bits per heavy atom. The molecule has 0 aliphatic heterocycles. The number of anilines is 1. The topological polar surface area (TPSA) is 68.6 Å². The predicted octanol–water partition coefficient (Wildman–Crippen LogP) is 4.33. The summed E-state index contributed by atoms with van der Waals surface area (Å²) in [6, 6.07) is 14.1. The standard InChI is InChI=1S/C21H22FN5/c1-27(21-17(15-23)6-5-12-24-21)13-4-2-3-7-19-14-20(26-25-19)16-8-10-18(22)11-9-16/h5-6,8-12,14H,2-4,7,13H2,1H3,(H,25,26). The van der Waals surface area contributed by atoms with Crippen LogP contribution in [0.15, 0.2) is 48.7 Å². The highest BCUT2D eigenvalue weighted by molar-refractivity contribution is 5.59. The van der Waals surface area contributed by atoms with Crippen LogP contribution in [0.5, 0.6) is 0 Å². The van der Waals surface area contributed by atoms with E-state index in [9.17, 15) is 4.39 Å². The van der Waals surface area contributed by atoms with Crippen molar-refractivity contribution in [3.63, 3.8) is 0 Å². The van der Waals surface area contributed by atoms with E-state index in [1.807, 2.05) is 18.0 Å². The number of unbranched alkanes of at least 4 members (excludes halogenated alkanes) is 2. The maximum Gasteiger partial charge on any atom is 0.146 e. The Balaban J connectivity index is 1.43. The second kappa shape index (κ2) is 8.95. The normalized spacial score (nSPS) is 10.6. The number of aromatic amines is 1. The van der Waals surface area contributed by atoms with Crippen molar-refractivity contribution in [3.8, 4) is 17.3 Å². The van der Waals surface area contributed by atoms with Crippen LogP contribution in [0, 0.1) is 17.1 Å². The second-order valence-corrected chi connectivity index (χ2v) is 6.50. The number of nitriles is 1. The third-order valence-corrected chi connectivity index (χ3v) is 4.48. The number of pyridine rings is 1. The summed E-state index contributed by atoms with van der Waals surface area (Å²) in [4.78, 5) is 6.33. The first-order valence-electron chi connectivity index (χ1n) is 9.04. The van der Waals surface area contributed by atoms with E-state index in [2.05, 4.69) is 21.3 Å². The van der Waals surface area contributed by atoms with Gasteiger partial charge in [0.15, 0.2) is 0 Å². The molecule has 0 amide bonds. The molecule has 0 spiro atoms. The van der Waals surface area contributed by atoms with Gasteiger partial charge in [-0.3, -0.25) is 5.10 Å². The number of H-pyrrole nitrogens is 1. The molecule has 0 fully saturated rings. The lowest BCUT2D eigenvalue weighted by atomic mass is 10.1.